The number of rotatable bonds is 4. The van der Waals surface area contributed by atoms with Crippen molar-refractivity contribution in [2.75, 3.05) is 31.6 Å². The SMILES string of the molecule is CN(CC(F)(F)F)C(=O)Cn1c(N2CCC(F)(F)[C@H](N)C2)nc2ccc(F)cc21. The predicted octanol–water partition coefficient (Wildman–Crippen LogP) is 2.37. The van der Waals surface area contributed by atoms with Crippen LogP contribution in [-0.2, 0) is 11.3 Å². The van der Waals surface area contributed by atoms with Crippen molar-refractivity contribution in [1.29, 1.82) is 0 Å². The van der Waals surface area contributed by atoms with E-state index in [-0.39, 0.29) is 30.1 Å². The van der Waals surface area contributed by atoms with E-state index in [0.717, 1.165) is 19.2 Å². The van der Waals surface area contributed by atoms with Crippen molar-refractivity contribution in [3.8, 4) is 0 Å². The summed E-state index contributed by atoms with van der Waals surface area (Å²) in [4.78, 5) is 18.5. The van der Waals surface area contributed by atoms with E-state index in [9.17, 15) is 31.1 Å². The summed E-state index contributed by atoms with van der Waals surface area (Å²) in [6.07, 6.45) is -5.13. The molecule has 3 rings (SSSR count). The molecule has 2 N–H and O–H groups in total. The highest BCUT2D eigenvalue weighted by Gasteiger charge is 2.43. The molecule has 1 aromatic carbocycles. The quantitative estimate of drug-likeness (QED) is 0.767. The van der Waals surface area contributed by atoms with Crippen LogP contribution in [0.1, 0.15) is 6.42 Å². The molecule has 0 spiro atoms. The molecular formula is C17H19F6N5O. The highest BCUT2D eigenvalue weighted by Crippen LogP contribution is 2.31. The highest BCUT2D eigenvalue weighted by atomic mass is 19.4. The molecule has 1 aromatic heterocycles. The summed E-state index contributed by atoms with van der Waals surface area (Å²) in [5.74, 6) is -4.52. The smallest absolute Gasteiger partial charge is 0.340 e. The number of nitrogens with zero attached hydrogens (tertiary/aromatic N) is 4. The van der Waals surface area contributed by atoms with Crippen molar-refractivity contribution in [1.82, 2.24) is 14.5 Å². The number of anilines is 1. The third-order valence-electron chi connectivity index (χ3n) is 4.78. The predicted molar refractivity (Wildman–Crippen MR) is 93.1 cm³/mol. The number of hydrogen-bond acceptors (Lipinski definition) is 4. The van der Waals surface area contributed by atoms with Crippen LogP contribution < -0.4 is 10.6 Å². The number of halogens is 6. The first-order chi connectivity index (χ1) is 13.4. The summed E-state index contributed by atoms with van der Waals surface area (Å²) in [6.45, 7) is -2.42. The topological polar surface area (TPSA) is 67.4 Å². The van der Waals surface area contributed by atoms with Gasteiger partial charge in [-0.25, -0.2) is 18.2 Å². The third-order valence-corrected chi connectivity index (χ3v) is 4.78. The summed E-state index contributed by atoms with van der Waals surface area (Å²) >= 11 is 0. The lowest BCUT2D eigenvalue weighted by atomic mass is 10.0. The molecule has 0 radical (unpaired) electrons. The Kier molecular flexibility index (Phi) is 5.41. The molecule has 2 heterocycles. The van der Waals surface area contributed by atoms with Crippen molar-refractivity contribution >= 4 is 22.9 Å². The van der Waals surface area contributed by atoms with Crippen LogP contribution in [0.2, 0.25) is 0 Å². The van der Waals surface area contributed by atoms with E-state index < -0.39 is 49.4 Å². The van der Waals surface area contributed by atoms with Gasteiger partial charge >= 0.3 is 6.18 Å². The lowest BCUT2D eigenvalue weighted by Gasteiger charge is -2.37. The number of likely N-dealkylation sites (N-methyl/N-ethyl adjacent to an activating group) is 1. The summed E-state index contributed by atoms with van der Waals surface area (Å²) in [6, 6.07) is 2.08. The Balaban J connectivity index is 1.95. The number of amides is 1. The Morgan fingerprint density at radius 1 is 1.38 bits per heavy atom. The zero-order valence-corrected chi connectivity index (χ0v) is 15.4. The van der Waals surface area contributed by atoms with E-state index in [4.69, 9.17) is 5.73 Å². The van der Waals surface area contributed by atoms with Crippen LogP contribution in [0, 0.1) is 5.82 Å². The van der Waals surface area contributed by atoms with Crippen molar-refractivity contribution in [3.63, 3.8) is 0 Å². The number of fused-ring (bicyclic) bond motifs is 1. The normalized spacial score (nSPS) is 19.6. The van der Waals surface area contributed by atoms with E-state index in [1.54, 1.807) is 0 Å². The van der Waals surface area contributed by atoms with Gasteiger partial charge in [-0.05, 0) is 18.2 Å². The van der Waals surface area contributed by atoms with Crippen LogP contribution in [0.3, 0.4) is 0 Å². The first-order valence-corrected chi connectivity index (χ1v) is 8.72. The van der Waals surface area contributed by atoms with Crippen LogP contribution in [-0.4, -0.2) is 65.2 Å². The van der Waals surface area contributed by atoms with E-state index in [1.807, 2.05) is 0 Å². The van der Waals surface area contributed by atoms with E-state index in [1.165, 1.54) is 15.5 Å². The monoisotopic (exact) mass is 423 g/mol. The molecule has 1 aliphatic rings. The number of benzene rings is 1. The van der Waals surface area contributed by atoms with Gasteiger partial charge in [0.2, 0.25) is 11.9 Å². The minimum Gasteiger partial charge on any atom is -0.340 e. The van der Waals surface area contributed by atoms with E-state index >= 15 is 0 Å². The van der Waals surface area contributed by atoms with Crippen molar-refractivity contribution < 1.29 is 31.1 Å². The molecule has 12 heteroatoms. The van der Waals surface area contributed by atoms with Gasteiger partial charge in [-0.1, -0.05) is 0 Å². The van der Waals surface area contributed by atoms with Gasteiger partial charge in [0.05, 0.1) is 17.1 Å². The average molecular weight is 423 g/mol. The fourth-order valence-electron chi connectivity index (χ4n) is 3.21. The second-order valence-corrected chi connectivity index (χ2v) is 7.06. The number of alkyl halides is 5. The summed E-state index contributed by atoms with van der Waals surface area (Å²) < 4.78 is 80.1. The Bertz CT molecular complexity index is 912. The van der Waals surface area contributed by atoms with Gasteiger partial charge in [0.15, 0.2) is 0 Å². The molecule has 160 valence electrons. The molecule has 1 fully saturated rings. The molecule has 1 aliphatic heterocycles. The summed E-state index contributed by atoms with van der Waals surface area (Å²) in [5.41, 5.74) is 5.98. The van der Waals surface area contributed by atoms with Gasteiger partial charge in [0.25, 0.3) is 5.92 Å². The van der Waals surface area contributed by atoms with Crippen LogP contribution in [0.5, 0.6) is 0 Å². The van der Waals surface area contributed by atoms with Gasteiger partial charge in [-0.15, -0.1) is 0 Å². The average Bonchev–Trinajstić information content (AvgIpc) is 2.93. The molecule has 2 aromatic rings. The summed E-state index contributed by atoms with van der Waals surface area (Å²) in [7, 11) is 0.993. The molecule has 0 saturated carbocycles. The maximum atomic E-state index is 13.7. The minimum absolute atomic E-state index is 0.0744. The molecule has 1 atom stereocenters. The second-order valence-electron chi connectivity index (χ2n) is 7.06. The number of piperidine rings is 1. The van der Waals surface area contributed by atoms with Crippen LogP contribution in [0.4, 0.5) is 32.3 Å². The fourth-order valence-corrected chi connectivity index (χ4v) is 3.21. The number of hydrogen-bond donors (Lipinski definition) is 1. The minimum atomic E-state index is -4.58. The number of imidazole rings is 1. The molecule has 0 bridgehead atoms. The maximum Gasteiger partial charge on any atom is 0.406 e. The number of nitrogens with two attached hydrogens (primary N) is 1. The molecule has 6 nitrogen and oxygen atoms in total. The summed E-state index contributed by atoms with van der Waals surface area (Å²) in [5, 5.41) is 0. The van der Waals surface area contributed by atoms with Crippen molar-refractivity contribution in [2.45, 2.75) is 31.1 Å². The molecule has 1 amide bonds. The van der Waals surface area contributed by atoms with Crippen LogP contribution >= 0.6 is 0 Å². The number of carbonyl (C=O) groups is 1. The van der Waals surface area contributed by atoms with Crippen molar-refractivity contribution in [3.05, 3.63) is 24.0 Å². The second kappa shape index (κ2) is 7.39. The molecule has 0 aliphatic carbocycles. The maximum absolute atomic E-state index is 13.7. The first-order valence-electron chi connectivity index (χ1n) is 8.72. The number of aromatic nitrogens is 2. The van der Waals surface area contributed by atoms with Gasteiger partial charge in [0, 0.05) is 26.6 Å². The Hall–Kier alpha value is -2.50. The zero-order valence-electron chi connectivity index (χ0n) is 15.4. The van der Waals surface area contributed by atoms with E-state index in [2.05, 4.69) is 4.98 Å². The third kappa shape index (κ3) is 4.57. The molecule has 1 saturated heterocycles. The van der Waals surface area contributed by atoms with Gasteiger partial charge in [-0.3, -0.25) is 4.79 Å². The number of carbonyl (C=O) groups excluding carboxylic acids is 1. The Morgan fingerprint density at radius 3 is 2.69 bits per heavy atom. The standard InChI is InChI=1S/C17H19F6N5O/c1-26(9-17(21,22)23)14(29)8-28-12-6-10(18)2-3-11(12)25-15(28)27-5-4-16(19,20)13(24)7-27/h2-3,6,13H,4-5,7-9,24H2,1H3/t13-/m1/s1. The fraction of sp³-hybridized carbons (Fsp3) is 0.529. The lowest BCUT2D eigenvalue weighted by Crippen LogP contribution is -2.56. The largest absolute Gasteiger partial charge is 0.406 e. The highest BCUT2D eigenvalue weighted by molar-refractivity contribution is 5.83. The molecular weight excluding hydrogens is 404 g/mol. The molecule has 0 unspecified atom stereocenters. The van der Waals surface area contributed by atoms with Gasteiger partial charge in [-0.2, -0.15) is 13.2 Å². The van der Waals surface area contributed by atoms with Crippen LogP contribution in [0.25, 0.3) is 11.0 Å². The zero-order chi connectivity index (χ0) is 21.6. The Labute approximate surface area is 161 Å². The van der Waals surface area contributed by atoms with Gasteiger partial charge < -0.3 is 20.1 Å². The van der Waals surface area contributed by atoms with Crippen LogP contribution in [0.15, 0.2) is 18.2 Å². The van der Waals surface area contributed by atoms with Crippen molar-refractivity contribution in [2.24, 2.45) is 5.73 Å². The Morgan fingerprint density at radius 2 is 2.07 bits per heavy atom. The van der Waals surface area contributed by atoms with E-state index in [0.29, 0.717) is 4.90 Å². The molecule has 29 heavy (non-hydrogen) atoms. The lowest BCUT2D eigenvalue weighted by molar-refractivity contribution is -0.158. The van der Waals surface area contributed by atoms with Gasteiger partial charge in [0.1, 0.15) is 18.9 Å². The first kappa shape index (κ1) is 21.2.